The van der Waals surface area contributed by atoms with Crippen molar-refractivity contribution in [3.05, 3.63) is 64.7 Å². The van der Waals surface area contributed by atoms with Crippen molar-refractivity contribution in [2.24, 2.45) is 5.10 Å². The maximum Gasteiger partial charge on any atom is 0.191 e. The maximum absolute atomic E-state index is 5.35. The monoisotopic (exact) mass is 353 g/mol. The molecule has 2 rings (SSSR count). The molecule has 0 heterocycles. The van der Waals surface area contributed by atoms with Gasteiger partial charge in [-0.3, -0.25) is 5.43 Å². The minimum Gasteiger partial charge on any atom is -0.331 e. The summed E-state index contributed by atoms with van der Waals surface area (Å²) >= 11 is 5.35. The zero-order valence-corrected chi connectivity index (χ0v) is 16.7. The van der Waals surface area contributed by atoms with Crippen LogP contribution in [0.5, 0.6) is 0 Å². The summed E-state index contributed by atoms with van der Waals surface area (Å²) in [4.78, 5) is 0. The van der Waals surface area contributed by atoms with E-state index in [2.05, 4.69) is 80.8 Å². The molecule has 2 aromatic rings. The average molecular weight is 354 g/mol. The first-order valence-electron chi connectivity index (χ1n) is 8.47. The van der Waals surface area contributed by atoms with Gasteiger partial charge in [-0.15, -0.1) is 0 Å². The number of hydrazone groups is 1. The van der Waals surface area contributed by atoms with Crippen LogP contribution in [0.1, 0.15) is 49.9 Å². The minimum absolute atomic E-state index is 0.152. The fourth-order valence-electron chi connectivity index (χ4n) is 2.45. The van der Waals surface area contributed by atoms with Gasteiger partial charge in [0.15, 0.2) is 5.11 Å². The third-order valence-corrected chi connectivity index (χ3v) is 4.54. The SMILES string of the molecule is CC(=NNC(=S)Nc1cccc(C)c1C)c1ccc(C(C)(C)C)cc1. The number of benzene rings is 2. The summed E-state index contributed by atoms with van der Waals surface area (Å²) < 4.78 is 0. The van der Waals surface area contributed by atoms with Crippen LogP contribution in [0.4, 0.5) is 5.69 Å². The summed E-state index contributed by atoms with van der Waals surface area (Å²) in [5, 5.41) is 8.08. The summed E-state index contributed by atoms with van der Waals surface area (Å²) in [6, 6.07) is 14.6. The van der Waals surface area contributed by atoms with E-state index in [0.29, 0.717) is 5.11 Å². The highest BCUT2D eigenvalue weighted by molar-refractivity contribution is 7.80. The molecule has 4 heteroatoms. The van der Waals surface area contributed by atoms with Crippen LogP contribution in [0.15, 0.2) is 47.6 Å². The van der Waals surface area contributed by atoms with Gasteiger partial charge in [0, 0.05) is 5.69 Å². The quantitative estimate of drug-likeness (QED) is 0.446. The van der Waals surface area contributed by atoms with Crippen molar-refractivity contribution < 1.29 is 0 Å². The molecule has 0 bridgehead atoms. The second kappa shape index (κ2) is 7.79. The molecular formula is C21H27N3S. The smallest absolute Gasteiger partial charge is 0.191 e. The second-order valence-corrected chi connectivity index (χ2v) is 7.75. The summed E-state index contributed by atoms with van der Waals surface area (Å²) in [6.45, 7) is 12.8. The summed E-state index contributed by atoms with van der Waals surface area (Å²) in [6.07, 6.45) is 0. The Kier molecular flexibility index (Phi) is 5.96. The van der Waals surface area contributed by atoms with E-state index in [9.17, 15) is 0 Å². The van der Waals surface area contributed by atoms with Crippen molar-refractivity contribution in [3.63, 3.8) is 0 Å². The molecule has 0 aromatic heterocycles. The first-order valence-corrected chi connectivity index (χ1v) is 8.87. The fraction of sp³-hybridized carbons (Fsp3) is 0.333. The Morgan fingerprint density at radius 2 is 1.64 bits per heavy atom. The molecule has 0 saturated carbocycles. The van der Waals surface area contributed by atoms with Crippen LogP contribution in [-0.2, 0) is 5.41 Å². The third kappa shape index (κ3) is 5.13. The predicted molar refractivity (Wildman–Crippen MR) is 113 cm³/mol. The predicted octanol–water partition coefficient (Wildman–Crippen LogP) is 5.31. The molecule has 0 saturated heterocycles. The highest BCUT2D eigenvalue weighted by atomic mass is 32.1. The van der Waals surface area contributed by atoms with Gasteiger partial charge in [0.25, 0.3) is 0 Å². The number of nitrogens with one attached hydrogen (secondary N) is 2. The van der Waals surface area contributed by atoms with Crippen LogP contribution in [0.3, 0.4) is 0 Å². The van der Waals surface area contributed by atoms with Gasteiger partial charge in [-0.2, -0.15) is 5.10 Å². The van der Waals surface area contributed by atoms with Crippen LogP contribution in [0.25, 0.3) is 0 Å². The van der Waals surface area contributed by atoms with Gasteiger partial charge < -0.3 is 5.32 Å². The normalized spacial score (nSPS) is 12.0. The number of anilines is 1. The van der Waals surface area contributed by atoms with E-state index in [-0.39, 0.29) is 5.41 Å². The maximum atomic E-state index is 5.35. The highest BCUT2D eigenvalue weighted by Crippen LogP contribution is 2.22. The summed E-state index contributed by atoms with van der Waals surface area (Å²) in [5.74, 6) is 0. The highest BCUT2D eigenvalue weighted by Gasteiger charge is 2.13. The Morgan fingerprint density at radius 3 is 2.24 bits per heavy atom. The molecule has 0 aliphatic carbocycles. The third-order valence-electron chi connectivity index (χ3n) is 4.35. The van der Waals surface area contributed by atoms with Crippen molar-refractivity contribution >= 4 is 28.7 Å². The van der Waals surface area contributed by atoms with Gasteiger partial charge in [-0.05, 0) is 66.7 Å². The molecule has 25 heavy (non-hydrogen) atoms. The van der Waals surface area contributed by atoms with E-state index in [1.165, 1.54) is 16.7 Å². The number of rotatable bonds is 3. The average Bonchev–Trinajstić information content (AvgIpc) is 2.56. The molecule has 0 radical (unpaired) electrons. The molecule has 132 valence electrons. The van der Waals surface area contributed by atoms with Crippen molar-refractivity contribution in [1.82, 2.24) is 5.43 Å². The van der Waals surface area contributed by atoms with E-state index < -0.39 is 0 Å². The lowest BCUT2D eigenvalue weighted by Crippen LogP contribution is -2.25. The molecule has 0 spiro atoms. The minimum atomic E-state index is 0.152. The Morgan fingerprint density at radius 1 is 1.00 bits per heavy atom. The fourth-order valence-corrected chi connectivity index (χ4v) is 2.60. The van der Waals surface area contributed by atoms with Crippen molar-refractivity contribution in [2.75, 3.05) is 5.32 Å². The van der Waals surface area contributed by atoms with E-state index in [0.717, 1.165) is 17.0 Å². The second-order valence-electron chi connectivity index (χ2n) is 7.34. The van der Waals surface area contributed by atoms with E-state index in [1.807, 2.05) is 19.1 Å². The van der Waals surface area contributed by atoms with E-state index in [1.54, 1.807) is 0 Å². The van der Waals surface area contributed by atoms with Gasteiger partial charge in [0.2, 0.25) is 0 Å². The molecule has 3 nitrogen and oxygen atoms in total. The molecule has 0 aliphatic rings. The number of hydrogen-bond donors (Lipinski definition) is 2. The van der Waals surface area contributed by atoms with Gasteiger partial charge in [-0.25, -0.2) is 0 Å². The molecule has 2 aromatic carbocycles. The Hall–Kier alpha value is -2.20. The van der Waals surface area contributed by atoms with Gasteiger partial charge >= 0.3 is 0 Å². The molecule has 0 amide bonds. The number of nitrogens with zero attached hydrogens (tertiary/aromatic N) is 1. The van der Waals surface area contributed by atoms with Crippen LogP contribution in [0.2, 0.25) is 0 Å². The number of aryl methyl sites for hydroxylation is 1. The van der Waals surface area contributed by atoms with E-state index in [4.69, 9.17) is 12.2 Å². The van der Waals surface area contributed by atoms with Crippen molar-refractivity contribution in [2.45, 2.75) is 47.0 Å². The summed E-state index contributed by atoms with van der Waals surface area (Å²) in [7, 11) is 0. The topological polar surface area (TPSA) is 36.4 Å². The number of thiocarbonyl (C=S) groups is 1. The van der Waals surface area contributed by atoms with Gasteiger partial charge in [0.05, 0.1) is 5.71 Å². The van der Waals surface area contributed by atoms with Crippen LogP contribution < -0.4 is 10.7 Å². The van der Waals surface area contributed by atoms with Gasteiger partial charge in [0.1, 0.15) is 0 Å². The molecular weight excluding hydrogens is 326 g/mol. The molecule has 0 unspecified atom stereocenters. The van der Waals surface area contributed by atoms with Crippen molar-refractivity contribution in [3.8, 4) is 0 Å². The zero-order valence-electron chi connectivity index (χ0n) is 15.9. The zero-order chi connectivity index (χ0) is 18.6. The number of hydrogen-bond acceptors (Lipinski definition) is 2. The lowest BCUT2D eigenvalue weighted by Gasteiger charge is -2.19. The molecule has 0 fully saturated rings. The Labute approximate surface area is 156 Å². The lowest BCUT2D eigenvalue weighted by molar-refractivity contribution is 0.590. The van der Waals surface area contributed by atoms with Crippen LogP contribution in [-0.4, -0.2) is 10.8 Å². The Bertz CT molecular complexity index is 784. The molecule has 0 atom stereocenters. The van der Waals surface area contributed by atoms with E-state index >= 15 is 0 Å². The Balaban J connectivity index is 2.03. The summed E-state index contributed by atoms with van der Waals surface area (Å²) in [5.41, 5.74) is 9.78. The first-order chi connectivity index (χ1) is 11.7. The largest absolute Gasteiger partial charge is 0.331 e. The van der Waals surface area contributed by atoms with Crippen LogP contribution in [0, 0.1) is 13.8 Å². The van der Waals surface area contributed by atoms with Crippen LogP contribution >= 0.6 is 12.2 Å². The van der Waals surface area contributed by atoms with Gasteiger partial charge in [-0.1, -0.05) is 57.2 Å². The molecule has 2 N–H and O–H groups in total. The lowest BCUT2D eigenvalue weighted by atomic mass is 9.86. The molecule has 0 aliphatic heterocycles. The first kappa shape index (κ1) is 19.1. The standard InChI is InChI=1S/C21H27N3S/c1-14-8-7-9-19(15(14)2)22-20(25)24-23-16(3)17-10-12-18(13-11-17)21(4,5)6/h7-13H,1-6H3,(H2,22,24,25). The van der Waals surface area contributed by atoms with Crippen molar-refractivity contribution in [1.29, 1.82) is 0 Å².